The van der Waals surface area contributed by atoms with Crippen LogP contribution >= 0.6 is 11.6 Å². The Labute approximate surface area is 77.4 Å². The summed E-state index contributed by atoms with van der Waals surface area (Å²) in [5.41, 5.74) is 1.16. The fourth-order valence-corrected chi connectivity index (χ4v) is 1.24. The van der Waals surface area contributed by atoms with Crippen molar-refractivity contribution in [1.82, 2.24) is 0 Å². The summed E-state index contributed by atoms with van der Waals surface area (Å²) in [4.78, 5) is 10.5. The van der Waals surface area contributed by atoms with Crippen LogP contribution in [0.25, 0.3) is 0 Å². The van der Waals surface area contributed by atoms with Gasteiger partial charge in [-0.05, 0) is 12.0 Å². The summed E-state index contributed by atoms with van der Waals surface area (Å²) in [7, 11) is 0. The van der Waals surface area contributed by atoms with Gasteiger partial charge in [-0.1, -0.05) is 30.3 Å². The lowest BCUT2D eigenvalue weighted by atomic mass is 10.0. The molecule has 0 heterocycles. The molecule has 0 saturated carbocycles. The predicted molar refractivity (Wildman–Crippen MR) is 50.4 cm³/mol. The maximum Gasteiger partial charge on any atom is 0.124 e. The van der Waals surface area contributed by atoms with Crippen LogP contribution in [-0.2, 0) is 11.2 Å². The molecule has 0 fully saturated rings. The zero-order valence-corrected chi connectivity index (χ0v) is 7.50. The van der Waals surface area contributed by atoms with Crippen LogP contribution in [-0.4, -0.2) is 12.2 Å². The Morgan fingerprint density at radius 2 is 2.00 bits per heavy atom. The van der Waals surface area contributed by atoms with E-state index in [2.05, 4.69) is 0 Å². The Bertz CT molecular complexity index is 233. The molecule has 0 aliphatic rings. The summed E-state index contributed by atoms with van der Waals surface area (Å²) < 4.78 is 0. The number of aldehydes is 1. The fraction of sp³-hybridized carbons (Fsp3) is 0.300. The number of alkyl halides is 1. The van der Waals surface area contributed by atoms with Gasteiger partial charge in [0.15, 0.2) is 0 Å². The lowest BCUT2D eigenvalue weighted by molar-refractivity contribution is -0.110. The van der Waals surface area contributed by atoms with Gasteiger partial charge in [-0.2, -0.15) is 0 Å². The first-order valence-corrected chi connectivity index (χ1v) is 4.45. The molecule has 64 valence electrons. The van der Waals surface area contributed by atoms with E-state index in [0.29, 0.717) is 5.88 Å². The molecule has 0 spiro atoms. The number of halogens is 1. The molecular formula is C10H11ClO. The normalized spacial score (nSPS) is 12.4. The highest BCUT2D eigenvalue weighted by Gasteiger charge is 2.05. The molecule has 0 aromatic heterocycles. The lowest BCUT2D eigenvalue weighted by Crippen LogP contribution is -2.07. The highest BCUT2D eigenvalue weighted by atomic mass is 35.5. The molecular weight excluding hydrogens is 172 g/mol. The summed E-state index contributed by atoms with van der Waals surface area (Å²) in [6.07, 6.45) is 1.66. The van der Waals surface area contributed by atoms with Crippen molar-refractivity contribution in [3.8, 4) is 0 Å². The zero-order valence-electron chi connectivity index (χ0n) is 6.74. The van der Waals surface area contributed by atoms with Gasteiger partial charge in [0.25, 0.3) is 0 Å². The molecule has 0 aliphatic heterocycles. The van der Waals surface area contributed by atoms with Crippen molar-refractivity contribution in [3.63, 3.8) is 0 Å². The van der Waals surface area contributed by atoms with Crippen molar-refractivity contribution in [1.29, 1.82) is 0 Å². The molecule has 1 aromatic carbocycles. The minimum absolute atomic E-state index is 0.0472. The van der Waals surface area contributed by atoms with E-state index in [-0.39, 0.29) is 5.92 Å². The Balaban J connectivity index is 2.56. The van der Waals surface area contributed by atoms with Crippen LogP contribution in [0, 0.1) is 5.92 Å². The summed E-state index contributed by atoms with van der Waals surface area (Å²) in [5, 5.41) is 0. The molecule has 12 heavy (non-hydrogen) atoms. The molecule has 1 atom stereocenters. The maximum atomic E-state index is 10.5. The molecule has 1 aromatic rings. The van der Waals surface area contributed by atoms with E-state index in [0.717, 1.165) is 18.3 Å². The SMILES string of the molecule is O=CC(CCl)Cc1ccccc1. The van der Waals surface area contributed by atoms with Crippen LogP contribution < -0.4 is 0 Å². The van der Waals surface area contributed by atoms with Crippen molar-refractivity contribution in [3.05, 3.63) is 35.9 Å². The third-order valence-electron chi connectivity index (χ3n) is 1.73. The number of carbonyl (C=O) groups excluding carboxylic acids is 1. The molecule has 0 amide bonds. The first kappa shape index (κ1) is 9.27. The molecule has 2 heteroatoms. The van der Waals surface area contributed by atoms with Crippen LogP contribution in [0.1, 0.15) is 5.56 Å². The Hall–Kier alpha value is -0.820. The van der Waals surface area contributed by atoms with Crippen molar-refractivity contribution in [2.75, 3.05) is 5.88 Å². The minimum Gasteiger partial charge on any atom is -0.303 e. The van der Waals surface area contributed by atoms with E-state index in [1.54, 1.807) is 0 Å². The van der Waals surface area contributed by atoms with Gasteiger partial charge in [-0.3, -0.25) is 0 Å². The largest absolute Gasteiger partial charge is 0.303 e. The number of hydrogen-bond acceptors (Lipinski definition) is 1. The first-order valence-electron chi connectivity index (χ1n) is 3.92. The molecule has 0 aliphatic carbocycles. The second-order valence-electron chi connectivity index (χ2n) is 2.74. The molecule has 0 bridgehead atoms. The van der Waals surface area contributed by atoms with Crippen molar-refractivity contribution in [2.45, 2.75) is 6.42 Å². The number of hydrogen-bond donors (Lipinski definition) is 0. The Morgan fingerprint density at radius 3 is 2.50 bits per heavy atom. The van der Waals surface area contributed by atoms with Gasteiger partial charge in [0.2, 0.25) is 0 Å². The number of carbonyl (C=O) groups is 1. The second kappa shape index (κ2) is 4.94. The summed E-state index contributed by atoms with van der Waals surface area (Å²) >= 11 is 5.59. The van der Waals surface area contributed by atoms with E-state index in [9.17, 15) is 4.79 Å². The van der Waals surface area contributed by atoms with Crippen molar-refractivity contribution >= 4 is 17.9 Å². The standard InChI is InChI=1S/C10H11ClO/c11-7-10(8-12)6-9-4-2-1-3-5-9/h1-5,8,10H,6-7H2. The average molecular weight is 183 g/mol. The monoisotopic (exact) mass is 182 g/mol. The van der Waals surface area contributed by atoms with Gasteiger partial charge in [0.05, 0.1) is 0 Å². The highest BCUT2D eigenvalue weighted by Crippen LogP contribution is 2.07. The van der Waals surface area contributed by atoms with E-state index >= 15 is 0 Å². The first-order chi connectivity index (χ1) is 5.86. The van der Waals surface area contributed by atoms with Gasteiger partial charge >= 0.3 is 0 Å². The van der Waals surface area contributed by atoms with Crippen LogP contribution in [0.3, 0.4) is 0 Å². The summed E-state index contributed by atoms with van der Waals surface area (Å²) in [6.45, 7) is 0. The van der Waals surface area contributed by atoms with Crippen molar-refractivity contribution < 1.29 is 4.79 Å². The molecule has 1 nitrogen and oxygen atoms in total. The van der Waals surface area contributed by atoms with E-state index in [1.807, 2.05) is 30.3 Å². The predicted octanol–water partition coefficient (Wildman–Crippen LogP) is 2.28. The van der Waals surface area contributed by atoms with Gasteiger partial charge < -0.3 is 4.79 Å². The van der Waals surface area contributed by atoms with Crippen LogP contribution in [0.4, 0.5) is 0 Å². The molecule has 0 N–H and O–H groups in total. The van der Waals surface area contributed by atoms with E-state index in [4.69, 9.17) is 11.6 Å². The Morgan fingerprint density at radius 1 is 1.33 bits per heavy atom. The lowest BCUT2D eigenvalue weighted by Gasteiger charge is -2.04. The van der Waals surface area contributed by atoms with Crippen molar-refractivity contribution in [2.24, 2.45) is 5.92 Å². The van der Waals surface area contributed by atoms with Crippen LogP contribution in [0.15, 0.2) is 30.3 Å². The quantitative estimate of drug-likeness (QED) is 0.516. The topological polar surface area (TPSA) is 17.1 Å². The van der Waals surface area contributed by atoms with E-state index < -0.39 is 0 Å². The Kier molecular flexibility index (Phi) is 3.81. The maximum absolute atomic E-state index is 10.5. The fourth-order valence-electron chi connectivity index (χ4n) is 1.06. The van der Waals surface area contributed by atoms with Gasteiger partial charge in [-0.25, -0.2) is 0 Å². The molecule has 1 rings (SSSR count). The molecule has 0 radical (unpaired) electrons. The zero-order chi connectivity index (χ0) is 8.81. The van der Waals surface area contributed by atoms with Gasteiger partial charge in [0.1, 0.15) is 6.29 Å². The number of benzene rings is 1. The third kappa shape index (κ3) is 2.67. The van der Waals surface area contributed by atoms with Gasteiger partial charge in [0, 0.05) is 11.8 Å². The average Bonchev–Trinajstić information content (AvgIpc) is 2.16. The van der Waals surface area contributed by atoms with Crippen LogP contribution in [0.2, 0.25) is 0 Å². The second-order valence-corrected chi connectivity index (χ2v) is 3.05. The number of rotatable bonds is 4. The summed E-state index contributed by atoms with van der Waals surface area (Å²) in [6, 6.07) is 9.89. The highest BCUT2D eigenvalue weighted by molar-refractivity contribution is 6.18. The smallest absolute Gasteiger partial charge is 0.124 e. The third-order valence-corrected chi connectivity index (χ3v) is 2.13. The summed E-state index contributed by atoms with van der Waals surface area (Å²) in [5.74, 6) is 0.354. The van der Waals surface area contributed by atoms with Gasteiger partial charge in [-0.15, -0.1) is 11.6 Å². The van der Waals surface area contributed by atoms with Crippen LogP contribution in [0.5, 0.6) is 0 Å². The molecule has 1 unspecified atom stereocenters. The minimum atomic E-state index is -0.0472. The molecule has 0 saturated heterocycles. The van der Waals surface area contributed by atoms with E-state index in [1.165, 1.54) is 0 Å².